The first-order valence-electron chi connectivity index (χ1n) is 10.3. The summed E-state index contributed by atoms with van der Waals surface area (Å²) in [6, 6.07) is 1.70. The molecule has 3 aromatic rings. The van der Waals surface area contributed by atoms with Crippen molar-refractivity contribution in [2.24, 2.45) is 0 Å². The van der Waals surface area contributed by atoms with E-state index in [-0.39, 0.29) is 24.0 Å². The summed E-state index contributed by atoms with van der Waals surface area (Å²) in [5.74, 6) is 0.205. The van der Waals surface area contributed by atoms with E-state index in [0.29, 0.717) is 24.6 Å². The van der Waals surface area contributed by atoms with Crippen LogP contribution in [-0.4, -0.2) is 53.8 Å². The molecule has 0 bridgehead atoms. The Labute approximate surface area is 177 Å². The molecule has 0 aromatic carbocycles. The lowest BCUT2D eigenvalue weighted by molar-refractivity contribution is 0.0946. The molecular formula is C20H23N9O2. The van der Waals surface area contributed by atoms with E-state index in [0.717, 1.165) is 29.2 Å². The molecule has 3 aromatic heterocycles. The van der Waals surface area contributed by atoms with Gasteiger partial charge in [0.25, 0.3) is 5.91 Å². The van der Waals surface area contributed by atoms with Gasteiger partial charge in [-0.25, -0.2) is 19.4 Å². The van der Waals surface area contributed by atoms with Crippen LogP contribution in [0.2, 0.25) is 0 Å². The van der Waals surface area contributed by atoms with E-state index >= 15 is 0 Å². The minimum atomic E-state index is -0.327. The Kier molecular flexibility index (Phi) is 4.77. The lowest BCUT2D eigenvalue weighted by atomic mass is 10.1. The van der Waals surface area contributed by atoms with Crippen molar-refractivity contribution >= 4 is 29.7 Å². The number of nitrogens with one attached hydrogen (secondary N) is 4. The Balaban J connectivity index is 1.48. The number of fused-ring (bicyclic) bond motifs is 1. The summed E-state index contributed by atoms with van der Waals surface area (Å²) in [6.45, 7) is 2.36. The van der Waals surface area contributed by atoms with Gasteiger partial charge in [0.2, 0.25) is 5.95 Å². The minimum absolute atomic E-state index is 0.0977. The number of urea groups is 1. The molecule has 160 valence electrons. The number of hydrogen-bond donors (Lipinski definition) is 4. The highest BCUT2D eigenvalue weighted by Gasteiger charge is 2.26. The van der Waals surface area contributed by atoms with Crippen LogP contribution in [0.1, 0.15) is 42.7 Å². The zero-order valence-corrected chi connectivity index (χ0v) is 17.0. The summed E-state index contributed by atoms with van der Waals surface area (Å²) in [6.07, 6.45) is 11.7. The van der Waals surface area contributed by atoms with E-state index in [1.165, 1.54) is 0 Å². The molecule has 0 spiro atoms. The Morgan fingerprint density at radius 3 is 2.94 bits per heavy atom. The van der Waals surface area contributed by atoms with Gasteiger partial charge in [0, 0.05) is 37.6 Å². The number of carbonyl (C=O) groups excluding carboxylic acids is 2. The average molecular weight is 421 g/mol. The molecule has 3 heterocycles. The largest absolute Gasteiger partial charge is 0.348 e. The molecule has 1 unspecified atom stereocenters. The third-order valence-corrected chi connectivity index (χ3v) is 5.25. The van der Waals surface area contributed by atoms with Crippen LogP contribution in [-0.2, 0) is 0 Å². The highest BCUT2D eigenvalue weighted by molar-refractivity contribution is 5.92. The van der Waals surface area contributed by atoms with Crippen molar-refractivity contribution in [3.63, 3.8) is 0 Å². The van der Waals surface area contributed by atoms with Crippen molar-refractivity contribution in [2.45, 2.75) is 38.3 Å². The van der Waals surface area contributed by atoms with Crippen molar-refractivity contribution in [2.75, 3.05) is 11.9 Å². The Bertz CT molecular complexity index is 1230. The summed E-state index contributed by atoms with van der Waals surface area (Å²) >= 11 is 0. The van der Waals surface area contributed by atoms with Crippen molar-refractivity contribution < 1.29 is 9.59 Å². The molecule has 3 amide bonds. The van der Waals surface area contributed by atoms with Crippen LogP contribution in [0.4, 0.5) is 10.7 Å². The summed E-state index contributed by atoms with van der Waals surface area (Å²) in [5, 5.41) is 14.2. The number of aromatic nitrogens is 6. The van der Waals surface area contributed by atoms with Crippen molar-refractivity contribution in [3.8, 4) is 0 Å². The highest BCUT2D eigenvalue weighted by Crippen LogP contribution is 2.23. The van der Waals surface area contributed by atoms with Gasteiger partial charge < -0.3 is 20.2 Å². The van der Waals surface area contributed by atoms with Gasteiger partial charge in [-0.3, -0.25) is 10.1 Å². The number of anilines is 1. The second-order valence-corrected chi connectivity index (χ2v) is 7.62. The van der Waals surface area contributed by atoms with Crippen LogP contribution in [0.5, 0.6) is 0 Å². The van der Waals surface area contributed by atoms with Gasteiger partial charge in [-0.2, -0.15) is 5.10 Å². The lowest BCUT2D eigenvalue weighted by Crippen LogP contribution is -2.35. The van der Waals surface area contributed by atoms with E-state index in [1.807, 2.05) is 29.8 Å². The third-order valence-electron chi connectivity index (χ3n) is 5.25. The zero-order valence-electron chi connectivity index (χ0n) is 17.0. The van der Waals surface area contributed by atoms with Gasteiger partial charge in [-0.15, -0.1) is 0 Å². The quantitative estimate of drug-likeness (QED) is 0.442. The smallest absolute Gasteiger partial charge is 0.321 e. The highest BCUT2D eigenvalue weighted by atomic mass is 16.2. The number of aromatic amines is 1. The number of nitrogens with zero attached hydrogens (tertiary/aromatic N) is 5. The van der Waals surface area contributed by atoms with Gasteiger partial charge in [0.15, 0.2) is 0 Å². The molecule has 31 heavy (non-hydrogen) atoms. The Morgan fingerprint density at radius 1 is 1.32 bits per heavy atom. The lowest BCUT2D eigenvalue weighted by Gasteiger charge is -2.19. The zero-order chi connectivity index (χ0) is 21.4. The molecule has 2 aliphatic carbocycles. The van der Waals surface area contributed by atoms with Gasteiger partial charge in [-0.05, 0) is 31.9 Å². The van der Waals surface area contributed by atoms with Crippen LogP contribution in [0.3, 0.4) is 0 Å². The first-order chi connectivity index (χ1) is 15.1. The number of carbonyl (C=O) groups is 2. The van der Waals surface area contributed by atoms with Crippen LogP contribution >= 0.6 is 0 Å². The third kappa shape index (κ3) is 3.93. The monoisotopic (exact) mass is 421 g/mol. The van der Waals surface area contributed by atoms with Crippen LogP contribution < -0.4 is 26.6 Å². The normalized spacial score (nSPS) is 17.6. The summed E-state index contributed by atoms with van der Waals surface area (Å²) in [4.78, 5) is 36.2. The van der Waals surface area contributed by atoms with Gasteiger partial charge >= 0.3 is 6.03 Å². The molecule has 1 atom stereocenters. The van der Waals surface area contributed by atoms with Crippen LogP contribution in [0, 0.1) is 0 Å². The number of imidazole rings is 2. The Hall–Kier alpha value is -3.89. The van der Waals surface area contributed by atoms with E-state index in [4.69, 9.17) is 0 Å². The number of H-pyrrole nitrogens is 1. The number of rotatable bonds is 6. The molecule has 4 N–H and O–H groups in total. The fraction of sp³-hybridized carbons (Fsp3) is 0.350. The van der Waals surface area contributed by atoms with Crippen LogP contribution in [0.25, 0.3) is 11.8 Å². The molecule has 1 fully saturated rings. The van der Waals surface area contributed by atoms with E-state index in [9.17, 15) is 9.59 Å². The predicted molar refractivity (Wildman–Crippen MR) is 112 cm³/mol. The average Bonchev–Trinajstić information content (AvgIpc) is 3.19. The second-order valence-electron chi connectivity index (χ2n) is 7.62. The number of amides is 3. The fourth-order valence-electron chi connectivity index (χ4n) is 3.59. The maximum atomic E-state index is 12.3. The molecule has 0 radical (unpaired) electrons. The van der Waals surface area contributed by atoms with Crippen molar-refractivity contribution in [3.05, 3.63) is 47.4 Å². The maximum absolute atomic E-state index is 12.3. The van der Waals surface area contributed by atoms with E-state index in [2.05, 4.69) is 36.0 Å². The molecule has 1 saturated carbocycles. The molecule has 0 saturated heterocycles. The van der Waals surface area contributed by atoms with Crippen molar-refractivity contribution in [1.29, 1.82) is 0 Å². The molecule has 5 rings (SSSR count). The first-order valence-corrected chi connectivity index (χ1v) is 10.3. The van der Waals surface area contributed by atoms with Crippen molar-refractivity contribution in [1.82, 2.24) is 39.9 Å². The topological polar surface area (TPSA) is 135 Å². The first kappa shape index (κ1) is 19.1. The summed E-state index contributed by atoms with van der Waals surface area (Å²) in [5.41, 5.74) is 1.28. The Morgan fingerprint density at radius 2 is 2.19 bits per heavy atom. The van der Waals surface area contributed by atoms with Gasteiger partial charge in [0.05, 0.1) is 23.4 Å². The van der Waals surface area contributed by atoms with E-state index in [1.54, 1.807) is 23.4 Å². The summed E-state index contributed by atoms with van der Waals surface area (Å²) < 4.78 is 3.68. The molecule has 2 aliphatic rings. The minimum Gasteiger partial charge on any atom is -0.348 e. The standard InChI is InChI=1S/C20H23N9O2/c1-2-21-20(31)27-19-25-14-8-13(9-16(17(14)26-19)29-7-3-6-23-29)28-10-15(22-11-28)18(30)24-12-4-5-12/h3,6-8,10-13H,2,4-5,9H2,1H3,(H,24,30)(H3,21,25,26,27,31). The molecular weight excluding hydrogens is 398 g/mol. The SMILES string of the molecule is CCNC(=O)Nc1nc2c([nH]1)=CC(n1cnc(C(=O)NC3CC3)c1)CC=2n1cccn1. The van der Waals surface area contributed by atoms with Crippen LogP contribution in [0.15, 0.2) is 31.0 Å². The number of hydrogen-bond acceptors (Lipinski definition) is 5. The maximum Gasteiger partial charge on any atom is 0.321 e. The summed E-state index contributed by atoms with van der Waals surface area (Å²) in [7, 11) is 0. The molecule has 11 heteroatoms. The van der Waals surface area contributed by atoms with Gasteiger partial charge in [-0.1, -0.05) is 0 Å². The predicted octanol–water partition coefficient (Wildman–Crippen LogP) is -0.0817. The van der Waals surface area contributed by atoms with Gasteiger partial charge in [0.1, 0.15) is 11.0 Å². The fourth-order valence-corrected chi connectivity index (χ4v) is 3.59. The molecule has 0 aliphatic heterocycles. The van der Waals surface area contributed by atoms with E-state index < -0.39 is 0 Å². The molecule has 11 nitrogen and oxygen atoms in total. The second kappa shape index (κ2) is 7.74.